The Morgan fingerprint density at radius 1 is 1.28 bits per heavy atom. The third kappa shape index (κ3) is 3.53. The van der Waals surface area contributed by atoms with E-state index in [9.17, 15) is 5.11 Å². The second-order valence-electron chi connectivity index (χ2n) is 9.54. The number of hydrogen-bond acceptors (Lipinski definition) is 7. The first-order valence-corrected chi connectivity index (χ1v) is 12.8. The van der Waals surface area contributed by atoms with E-state index in [0.29, 0.717) is 23.7 Å². The third-order valence-corrected chi connectivity index (χ3v) is 8.85. The Morgan fingerprint density at radius 3 is 2.94 bits per heavy atom. The summed E-state index contributed by atoms with van der Waals surface area (Å²) in [4.78, 5) is 7.43. The fourth-order valence-electron chi connectivity index (χ4n) is 5.67. The van der Waals surface area contributed by atoms with E-state index < -0.39 is 5.60 Å². The van der Waals surface area contributed by atoms with Crippen molar-refractivity contribution in [2.75, 3.05) is 31.2 Å². The van der Waals surface area contributed by atoms with Gasteiger partial charge in [0.15, 0.2) is 5.65 Å². The van der Waals surface area contributed by atoms with E-state index in [4.69, 9.17) is 14.8 Å². The lowest BCUT2D eigenvalue weighted by atomic mass is 9.84. The lowest BCUT2D eigenvalue weighted by molar-refractivity contribution is 0.0210. The van der Waals surface area contributed by atoms with Crippen molar-refractivity contribution in [2.24, 2.45) is 0 Å². The summed E-state index contributed by atoms with van der Waals surface area (Å²) in [6.45, 7) is 5.28. The first-order chi connectivity index (χ1) is 15.6. The summed E-state index contributed by atoms with van der Waals surface area (Å²) in [6, 6.07) is 2.39. The van der Waals surface area contributed by atoms with Gasteiger partial charge in [-0.15, -0.1) is 0 Å². The lowest BCUT2D eigenvalue weighted by Crippen LogP contribution is -2.44. The standard InChI is InChI=1S/C24H31N5O2S/c1-16-15-31-10-9-28(16)22-11-21(24(30)12-18-4-5-19(13-24)32-18)20-14-26-29(23(20)27-22)17-3-2-7-25-8-6-17/h3,6,8,11,14,16,18-19,25,30H,2,4-5,7,9-10,12-13,15H2,1H3/t16-,18+,19?,24?/m1/s1. The van der Waals surface area contributed by atoms with Crippen LogP contribution in [0.25, 0.3) is 16.7 Å². The largest absolute Gasteiger partial charge is 0.391 e. The van der Waals surface area contributed by atoms with E-state index in [1.165, 1.54) is 12.8 Å². The van der Waals surface area contributed by atoms with Gasteiger partial charge in [-0.2, -0.15) is 16.9 Å². The van der Waals surface area contributed by atoms with E-state index in [1.807, 2.05) is 17.1 Å². The molecule has 2 bridgehead atoms. The number of nitrogens with one attached hydrogen (secondary N) is 1. The van der Waals surface area contributed by atoms with Crippen molar-refractivity contribution in [1.29, 1.82) is 0 Å². The lowest BCUT2D eigenvalue weighted by Gasteiger charge is -2.38. The number of hydrogen-bond donors (Lipinski definition) is 2. The molecule has 0 saturated carbocycles. The molecular formula is C24H31N5O2S. The van der Waals surface area contributed by atoms with Crippen molar-refractivity contribution in [3.63, 3.8) is 0 Å². The maximum absolute atomic E-state index is 12.0. The van der Waals surface area contributed by atoms with E-state index >= 15 is 0 Å². The zero-order valence-electron chi connectivity index (χ0n) is 18.5. The fourth-order valence-corrected chi connectivity index (χ4v) is 7.50. The summed E-state index contributed by atoms with van der Waals surface area (Å²) in [7, 11) is 0. The summed E-state index contributed by atoms with van der Waals surface area (Å²) in [6.07, 6.45) is 13.1. The number of rotatable bonds is 3. The SMILES string of the molecule is C[C@@H]1COCCN1c1cc(C2(O)CC3CC[C@@H](C2)S3)c2cnn(C3=CCCNC=C3)c2n1. The fraction of sp³-hybridized carbons (Fsp3) is 0.583. The van der Waals surface area contributed by atoms with Crippen LogP contribution in [0, 0.1) is 0 Å². The number of pyridine rings is 1. The molecule has 4 aliphatic rings. The minimum atomic E-state index is -0.828. The van der Waals surface area contributed by atoms with Crippen LogP contribution in [-0.2, 0) is 10.3 Å². The number of anilines is 1. The number of thioether (sulfide) groups is 1. The predicted molar refractivity (Wildman–Crippen MR) is 129 cm³/mol. The van der Waals surface area contributed by atoms with E-state index in [1.54, 1.807) is 0 Å². The molecule has 2 N–H and O–H groups in total. The van der Waals surface area contributed by atoms with Crippen molar-refractivity contribution < 1.29 is 9.84 Å². The number of nitrogens with zero attached hydrogens (tertiary/aromatic N) is 4. The Kier molecular flexibility index (Phi) is 5.19. The van der Waals surface area contributed by atoms with Crippen LogP contribution in [0.4, 0.5) is 5.82 Å². The van der Waals surface area contributed by atoms with Crippen LogP contribution in [0.5, 0.6) is 0 Å². The maximum Gasteiger partial charge on any atom is 0.165 e. The van der Waals surface area contributed by atoms with Gasteiger partial charge in [-0.3, -0.25) is 0 Å². The minimum Gasteiger partial charge on any atom is -0.391 e. The van der Waals surface area contributed by atoms with Gasteiger partial charge in [0.2, 0.25) is 0 Å². The van der Waals surface area contributed by atoms with E-state index in [0.717, 1.165) is 60.5 Å². The van der Waals surface area contributed by atoms with Gasteiger partial charge in [-0.05, 0) is 62.9 Å². The van der Waals surface area contributed by atoms with Crippen LogP contribution in [-0.4, -0.2) is 62.7 Å². The van der Waals surface area contributed by atoms with Gasteiger partial charge < -0.3 is 20.1 Å². The normalized spacial score (nSPS) is 32.6. The average Bonchev–Trinajstić information content (AvgIpc) is 3.25. The Balaban J connectivity index is 1.52. The Labute approximate surface area is 192 Å². The van der Waals surface area contributed by atoms with Gasteiger partial charge in [-0.1, -0.05) is 6.08 Å². The van der Waals surface area contributed by atoms with Crippen molar-refractivity contribution in [3.05, 3.63) is 36.2 Å². The molecule has 3 saturated heterocycles. The van der Waals surface area contributed by atoms with Crippen LogP contribution in [0.15, 0.2) is 30.6 Å². The summed E-state index contributed by atoms with van der Waals surface area (Å²) in [5.41, 5.74) is 2.01. The highest BCUT2D eigenvalue weighted by atomic mass is 32.2. The zero-order chi connectivity index (χ0) is 21.7. The van der Waals surface area contributed by atoms with Crippen LogP contribution in [0.2, 0.25) is 0 Å². The quantitative estimate of drug-likeness (QED) is 0.739. The molecule has 0 aromatic carbocycles. The van der Waals surface area contributed by atoms with Gasteiger partial charge in [-0.25, -0.2) is 9.67 Å². The minimum absolute atomic E-state index is 0.242. The number of aromatic nitrogens is 3. The molecule has 6 heterocycles. The molecule has 2 aromatic rings. The second-order valence-corrected chi connectivity index (χ2v) is 11.1. The van der Waals surface area contributed by atoms with Crippen molar-refractivity contribution in [1.82, 2.24) is 20.1 Å². The van der Waals surface area contributed by atoms with Crippen LogP contribution < -0.4 is 10.2 Å². The van der Waals surface area contributed by atoms with Crippen LogP contribution >= 0.6 is 11.8 Å². The maximum atomic E-state index is 12.0. The third-order valence-electron chi connectivity index (χ3n) is 7.28. The second kappa shape index (κ2) is 8.08. The van der Waals surface area contributed by atoms with Gasteiger partial charge in [0, 0.05) is 29.0 Å². The molecule has 6 rings (SSSR count). The van der Waals surface area contributed by atoms with Gasteiger partial charge in [0.1, 0.15) is 5.82 Å². The van der Waals surface area contributed by atoms with Gasteiger partial charge in [0.05, 0.1) is 36.8 Å². The van der Waals surface area contributed by atoms with E-state index in [2.05, 4.69) is 47.1 Å². The topological polar surface area (TPSA) is 75.4 Å². The Hall–Kier alpha value is -2.03. The molecule has 32 heavy (non-hydrogen) atoms. The molecule has 0 amide bonds. The average molecular weight is 454 g/mol. The molecule has 0 aliphatic carbocycles. The van der Waals surface area contributed by atoms with Gasteiger partial charge in [0.25, 0.3) is 0 Å². The summed E-state index contributed by atoms with van der Waals surface area (Å²) in [5.74, 6) is 0.917. The predicted octanol–water partition coefficient (Wildman–Crippen LogP) is 3.25. The number of morpholine rings is 1. The highest BCUT2D eigenvalue weighted by Crippen LogP contribution is 2.52. The molecule has 170 valence electrons. The molecule has 4 aliphatic heterocycles. The smallest absolute Gasteiger partial charge is 0.165 e. The molecule has 8 heteroatoms. The van der Waals surface area contributed by atoms with Crippen LogP contribution in [0.3, 0.4) is 0 Å². The molecule has 0 spiro atoms. The Morgan fingerprint density at radius 2 is 2.12 bits per heavy atom. The molecule has 2 aromatic heterocycles. The van der Waals surface area contributed by atoms with Crippen LogP contribution in [0.1, 0.15) is 44.6 Å². The summed E-state index contributed by atoms with van der Waals surface area (Å²) >= 11 is 2.07. The summed E-state index contributed by atoms with van der Waals surface area (Å²) < 4.78 is 7.61. The molecule has 3 fully saturated rings. The number of allylic oxidation sites excluding steroid dienone is 2. The molecule has 2 unspecified atom stereocenters. The molecule has 0 radical (unpaired) electrons. The summed E-state index contributed by atoms with van der Waals surface area (Å²) in [5, 5.41) is 22.1. The number of ether oxygens (including phenoxy) is 1. The van der Waals surface area contributed by atoms with E-state index in [-0.39, 0.29) is 6.04 Å². The first kappa shape index (κ1) is 20.6. The number of aliphatic hydroxyl groups is 1. The van der Waals surface area contributed by atoms with Gasteiger partial charge >= 0.3 is 0 Å². The monoisotopic (exact) mass is 453 g/mol. The zero-order valence-corrected chi connectivity index (χ0v) is 19.4. The molecule has 4 atom stereocenters. The van der Waals surface area contributed by atoms with Crippen molar-refractivity contribution >= 4 is 34.3 Å². The molecular weight excluding hydrogens is 422 g/mol. The number of fused-ring (bicyclic) bond motifs is 3. The van der Waals surface area contributed by atoms with Crippen molar-refractivity contribution in [2.45, 2.75) is 61.2 Å². The highest BCUT2D eigenvalue weighted by Gasteiger charge is 2.45. The van der Waals surface area contributed by atoms with Crippen molar-refractivity contribution in [3.8, 4) is 0 Å². The first-order valence-electron chi connectivity index (χ1n) is 11.8. The molecule has 7 nitrogen and oxygen atoms in total. The highest BCUT2D eigenvalue weighted by molar-refractivity contribution is 8.00. The Bertz CT molecular complexity index is 1070.